The number of nitrogens with two attached hydrogens (primary N) is 1. The second-order valence-corrected chi connectivity index (χ2v) is 9.29. The zero-order valence-corrected chi connectivity index (χ0v) is 19.5. The standard InChI is InChI=1S/C22H32N10O/c1-14-12-33-9-8-31(14)21-28-17(15-10-26-19(23)27-11-15)16-4-6-32(18(16)29-21)22(2)5-7-30(13-22)20(24)25-3/h10-11,14H,4-9,12-13H2,1-3H3,(H2,24,25)(H2,23,26,27)/t14-,22-/m0/s1. The van der Waals surface area contributed by atoms with Crippen LogP contribution in [0.5, 0.6) is 0 Å². The fourth-order valence-corrected chi connectivity index (χ4v) is 5.14. The normalized spacial score (nSPS) is 24.8. The average molecular weight is 453 g/mol. The van der Waals surface area contributed by atoms with Gasteiger partial charge in [-0.15, -0.1) is 0 Å². The van der Waals surface area contributed by atoms with Gasteiger partial charge in [0.15, 0.2) is 5.96 Å². The van der Waals surface area contributed by atoms with Crippen molar-refractivity contribution in [1.82, 2.24) is 30.2 Å². The van der Waals surface area contributed by atoms with Crippen LogP contribution in [0.4, 0.5) is 17.7 Å². The molecule has 0 aromatic carbocycles. The predicted octanol–water partition coefficient (Wildman–Crippen LogP) is 0.722. The maximum absolute atomic E-state index is 8.21. The summed E-state index contributed by atoms with van der Waals surface area (Å²) in [7, 11) is 1.80. The van der Waals surface area contributed by atoms with Crippen molar-refractivity contribution in [3.8, 4) is 11.3 Å². The van der Waals surface area contributed by atoms with Gasteiger partial charge in [-0.25, -0.2) is 15.0 Å². The maximum Gasteiger partial charge on any atom is 0.228 e. The second-order valence-electron chi connectivity index (χ2n) is 9.29. The van der Waals surface area contributed by atoms with Crippen LogP contribution in [0.15, 0.2) is 12.4 Å². The van der Waals surface area contributed by atoms with E-state index in [2.05, 4.69) is 43.8 Å². The molecule has 2 fully saturated rings. The molecule has 3 aliphatic rings. The maximum atomic E-state index is 8.21. The number of aromatic nitrogens is 4. The average Bonchev–Trinajstić information content (AvgIpc) is 3.43. The van der Waals surface area contributed by atoms with Crippen molar-refractivity contribution in [2.75, 3.05) is 62.0 Å². The number of fused-ring (bicyclic) bond motifs is 1. The van der Waals surface area contributed by atoms with E-state index < -0.39 is 0 Å². The highest BCUT2D eigenvalue weighted by Crippen LogP contribution is 2.41. The van der Waals surface area contributed by atoms with E-state index in [1.54, 1.807) is 19.4 Å². The minimum Gasteiger partial charge on any atom is -0.377 e. The van der Waals surface area contributed by atoms with Gasteiger partial charge in [0.25, 0.3) is 0 Å². The lowest BCUT2D eigenvalue weighted by atomic mass is 9.99. The Balaban J connectivity index is 1.58. The van der Waals surface area contributed by atoms with Gasteiger partial charge in [-0.3, -0.25) is 5.41 Å². The number of morpholine rings is 1. The van der Waals surface area contributed by atoms with E-state index in [1.165, 1.54) is 0 Å². The van der Waals surface area contributed by atoms with Crippen LogP contribution in [0.25, 0.3) is 11.3 Å². The van der Waals surface area contributed by atoms with Gasteiger partial charge in [-0.1, -0.05) is 0 Å². The molecule has 3 aliphatic heterocycles. The van der Waals surface area contributed by atoms with Crippen molar-refractivity contribution in [3.05, 3.63) is 18.0 Å². The van der Waals surface area contributed by atoms with Crippen LogP contribution in [-0.2, 0) is 11.2 Å². The van der Waals surface area contributed by atoms with E-state index >= 15 is 0 Å². The third-order valence-electron chi connectivity index (χ3n) is 7.04. The van der Waals surface area contributed by atoms with E-state index in [9.17, 15) is 0 Å². The summed E-state index contributed by atoms with van der Waals surface area (Å²) in [6, 6.07) is 0.191. The molecule has 11 nitrogen and oxygen atoms in total. The second kappa shape index (κ2) is 8.29. The van der Waals surface area contributed by atoms with E-state index in [0.29, 0.717) is 25.1 Å². The van der Waals surface area contributed by atoms with Gasteiger partial charge in [0.1, 0.15) is 5.82 Å². The van der Waals surface area contributed by atoms with Crippen LogP contribution < -0.4 is 20.9 Å². The lowest BCUT2D eigenvalue weighted by molar-refractivity contribution is 0.0981. The van der Waals surface area contributed by atoms with E-state index in [4.69, 9.17) is 25.8 Å². The number of hydrogen-bond donors (Lipinski definition) is 3. The molecule has 2 atom stereocenters. The molecular formula is C22H32N10O. The number of likely N-dealkylation sites (tertiary alicyclic amines) is 1. The first-order valence-corrected chi connectivity index (χ1v) is 11.5. The van der Waals surface area contributed by atoms with E-state index in [0.717, 1.165) is 61.7 Å². The highest BCUT2D eigenvalue weighted by Gasteiger charge is 2.44. The van der Waals surface area contributed by atoms with Gasteiger partial charge in [0, 0.05) is 56.7 Å². The van der Waals surface area contributed by atoms with E-state index in [-0.39, 0.29) is 17.5 Å². The topological polar surface area (TPSA) is 132 Å². The summed E-state index contributed by atoms with van der Waals surface area (Å²) in [6.07, 6.45) is 5.30. The highest BCUT2D eigenvalue weighted by molar-refractivity contribution is 5.77. The summed E-state index contributed by atoms with van der Waals surface area (Å²) in [5.41, 5.74) is 8.47. The summed E-state index contributed by atoms with van der Waals surface area (Å²) in [6.45, 7) is 8.97. The summed E-state index contributed by atoms with van der Waals surface area (Å²) < 4.78 is 5.64. The number of ether oxygens (including phenoxy) is 1. The third-order valence-corrected chi connectivity index (χ3v) is 7.04. The number of anilines is 3. The van der Waals surface area contributed by atoms with Crippen LogP contribution >= 0.6 is 0 Å². The number of hydrogen-bond acceptors (Lipinski definition) is 9. The quantitative estimate of drug-likeness (QED) is 0.452. The Morgan fingerprint density at radius 2 is 2.03 bits per heavy atom. The minimum absolute atomic E-state index is 0.120. The largest absolute Gasteiger partial charge is 0.377 e. The Labute approximate surface area is 193 Å². The number of nitrogens with one attached hydrogen (secondary N) is 2. The van der Waals surface area contributed by atoms with Crippen LogP contribution in [0.1, 0.15) is 25.8 Å². The fraction of sp³-hybridized carbons (Fsp3) is 0.591. The van der Waals surface area contributed by atoms with Crippen molar-refractivity contribution in [3.63, 3.8) is 0 Å². The molecule has 2 aromatic heterocycles. The Hall–Kier alpha value is -3.21. The Morgan fingerprint density at radius 1 is 1.24 bits per heavy atom. The van der Waals surface area contributed by atoms with Crippen molar-refractivity contribution in [1.29, 1.82) is 5.41 Å². The fourth-order valence-electron chi connectivity index (χ4n) is 5.14. The molecule has 0 amide bonds. The molecule has 33 heavy (non-hydrogen) atoms. The van der Waals surface area contributed by atoms with E-state index in [1.807, 2.05) is 0 Å². The molecular weight excluding hydrogens is 420 g/mol. The summed E-state index contributed by atoms with van der Waals surface area (Å²) in [5.74, 6) is 2.40. The van der Waals surface area contributed by atoms with Gasteiger partial charge >= 0.3 is 0 Å². The van der Waals surface area contributed by atoms with Gasteiger partial charge < -0.3 is 30.5 Å². The number of nitrogens with zero attached hydrogens (tertiary/aromatic N) is 7. The first kappa shape index (κ1) is 21.6. The third kappa shape index (κ3) is 3.79. The molecule has 2 saturated heterocycles. The van der Waals surface area contributed by atoms with Crippen LogP contribution in [-0.4, -0.2) is 88.8 Å². The molecule has 5 heterocycles. The van der Waals surface area contributed by atoms with Crippen molar-refractivity contribution < 1.29 is 4.74 Å². The molecule has 11 heteroatoms. The zero-order valence-electron chi connectivity index (χ0n) is 19.5. The SMILES string of the molecule is CNC(=N)N1CC[C@](C)(N2CCc3c(-c4cnc(N)nc4)nc(N4CCOC[C@@H]4C)nc32)C1. The molecule has 0 radical (unpaired) electrons. The molecule has 0 aliphatic carbocycles. The van der Waals surface area contributed by atoms with Gasteiger partial charge in [0.2, 0.25) is 11.9 Å². The first-order chi connectivity index (χ1) is 15.9. The zero-order chi connectivity index (χ0) is 23.2. The van der Waals surface area contributed by atoms with Crippen LogP contribution in [0.2, 0.25) is 0 Å². The van der Waals surface area contributed by atoms with Crippen LogP contribution in [0.3, 0.4) is 0 Å². The molecule has 0 saturated carbocycles. The Kier molecular flexibility index (Phi) is 5.43. The monoisotopic (exact) mass is 452 g/mol. The lowest BCUT2D eigenvalue weighted by Crippen LogP contribution is -2.50. The molecule has 4 N–H and O–H groups in total. The smallest absolute Gasteiger partial charge is 0.228 e. The van der Waals surface area contributed by atoms with Crippen molar-refractivity contribution >= 4 is 23.7 Å². The summed E-state index contributed by atoms with van der Waals surface area (Å²) in [4.78, 5) is 25.3. The number of rotatable bonds is 3. The number of guanidine groups is 1. The molecule has 176 valence electrons. The summed E-state index contributed by atoms with van der Waals surface area (Å²) >= 11 is 0. The molecule has 0 spiro atoms. The predicted molar refractivity (Wildman–Crippen MR) is 128 cm³/mol. The van der Waals surface area contributed by atoms with Gasteiger partial charge in [0.05, 0.1) is 30.5 Å². The molecule has 2 aromatic rings. The van der Waals surface area contributed by atoms with Gasteiger partial charge in [-0.05, 0) is 26.7 Å². The number of nitrogen functional groups attached to an aromatic ring is 1. The lowest BCUT2D eigenvalue weighted by Gasteiger charge is -2.38. The molecule has 0 bridgehead atoms. The molecule has 5 rings (SSSR count). The Bertz CT molecular complexity index is 1040. The van der Waals surface area contributed by atoms with Crippen LogP contribution in [0, 0.1) is 5.41 Å². The van der Waals surface area contributed by atoms with Crippen molar-refractivity contribution in [2.24, 2.45) is 0 Å². The summed E-state index contributed by atoms with van der Waals surface area (Å²) in [5, 5.41) is 11.2. The minimum atomic E-state index is -0.120. The van der Waals surface area contributed by atoms with Gasteiger partial charge in [-0.2, -0.15) is 4.98 Å². The molecule has 0 unspecified atom stereocenters. The highest BCUT2D eigenvalue weighted by atomic mass is 16.5. The van der Waals surface area contributed by atoms with Crippen molar-refractivity contribution in [2.45, 2.75) is 38.3 Å². The Morgan fingerprint density at radius 3 is 2.76 bits per heavy atom. The first-order valence-electron chi connectivity index (χ1n) is 11.5.